The van der Waals surface area contributed by atoms with Gasteiger partial charge in [-0.3, -0.25) is 14.6 Å². The first-order valence-corrected chi connectivity index (χ1v) is 11.0. The predicted molar refractivity (Wildman–Crippen MR) is 121 cm³/mol. The summed E-state index contributed by atoms with van der Waals surface area (Å²) in [6.45, 7) is 1.13. The zero-order valence-corrected chi connectivity index (χ0v) is 18.3. The Morgan fingerprint density at radius 2 is 2.12 bits per heavy atom. The van der Waals surface area contributed by atoms with Gasteiger partial charge in [-0.05, 0) is 36.2 Å². The number of amides is 2. The summed E-state index contributed by atoms with van der Waals surface area (Å²) in [6, 6.07) is 10.4. The summed E-state index contributed by atoms with van der Waals surface area (Å²) in [5.41, 5.74) is 14.1. The number of aromatic nitrogens is 4. The Balaban J connectivity index is 1.44. The van der Waals surface area contributed by atoms with Crippen LogP contribution in [-0.2, 0) is 7.05 Å². The van der Waals surface area contributed by atoms with E-state index in [2.05, 4.69) is 20.5 Å². The highest BCUT2D eigenvalue weighted by Crippen LogP contribution is 2.30. The molecule has 2 atom stereocenters. The Morgan fingerprint density at radius 1 is 1.28 bits per heavy atom. The minimum absolute atomic E-state index is 0.00552. The largest absolute Gasteiger partial charge is 0.337 e. The number of nitrogens with two attached hydrogens (primary N) is 2. The average Bonchev–Trinajstić information content (AvgIpc) is 3.41. The summed E-state index contributed by atoms with van der Waals surface area (Å²) >= 11 is 1.36. The van der Waals surface area contributed by atoms with Gasteiger partial charge in [0.05, 0.1) is 5.37 Å². The van der Waals surface area contributed by atoms with Gasteiger partial charge in [0.25, 0.3) is 11.8 Å². The standard InChI is InChI=1S/C21H24N8O2S/c1-28-12-25-27-21(28)32-18(23)13-3-2-4-16(9-13)26-19(30)17-10-14(5-7-24-17)20(31)29-8-6-15(22)11-29/h2-5,7,9-10,12,15,18H,6,8,11,22-23H2,1H3,(H,26,30)/t15-,18-/m1/s1. The molecule has 2 aromatic heterocycles. The third-order valence-electron chi connectivity index (χ3n) is 5.13. The number of anilines is 1. The van der Waals surface area contributed by atoms with E-state index in [1.807, 2.05) is 19.2 Å². The van der Waals surface area contributed by atoms with Gasteiger partial charge in [0.1, 0.15) is 12.0 Å². The second kappa shape index (κ2) is 9.47. The molecular formula is C21H24N8O2S. The zero-order valence-electron chi connectivity index (χ0n) is 17.5. The Bertz CT molecular complexity index is 1130. The van der Waals surface area contributed by atoms with Gasteiger partial charge in [-0.1, -0.05) is 23.9 Å². The van der Waals surface area contributed by atoms with Crippen LogP contribution in [0.5, 0.6) is 0 Å². The van der Waals surface area contributed by atoms with Crippen LogP contribution in [0.15, 0.2) is 54.1 Å². The third kappa shape index (κ3) is 4.96. The highest BCUT2D eigenvalue weighted by molar-refractivity contribution is 7.99. The van der Waals surface area contributed by atoms with Gasteiger partial charge in [-0.2, -0.15) is 0 Å². The van der Waals surface area contributed by atoms with Crippen molar-refractivity contribution in [3.63, 3.8) is 0 Å². The fourth-order valence-electron chi connectivity index (χ4n) is 3.39. The van der Waals surface area contributed by atoms with Gasteiger partial charge in [-0.25, -0.2) is 0 Å². The van der Waals surface area contributed by atoms with Crippen molar-refractivity contribution in [3.8, 4) is 0 Å². The zero-order chi connectivity index (χ0) is 22.7. The van der Waals surface area contributed by atoms with E-state index in [1.165, 1.54) is 24.0 Å². The van der Waals surface area contributed by atoms with E-state index in [0.29, 0.717) is 29.5 Å². The first-order chi connectivity index (χ1) is 15.4. The van der Waals surface area contributed by atoms with Crippen LogP contribution in [0.3, 0.4) is 0 Å². The second-order valence-electron chi connectivity index (χ2n) is 7.57. The summed E-state index contributed by atoms with van der Waals surface area (Å²) < 4.78 is 1.78. The minimum Gasteiger partial charge on any atom is -0.337 e. The first kappa shape index (κ1) is 21.9. The number of carbonyl (C=O) groups is 2. The molecule has 10 nitrogen and oxygen atoms in total. The van der Waals surface area contributed by atoms with Crippen LogP contribution < -0.4 is 16.8 Å². The molecule has 1 saturated heterocycles. The van der Waals surface area contributed by atoms with Crippen LogP contribution in [-0.4, -0.2) is 55.6 Å². The quantitative estimate of drug-likeness (QED) is 0.376. The van der Waals surface area contributed by atoms with Gasteiger partial charge in [-0.15, -0.1) is 10.2 Å². The lowest BCUT2D eigenvalue weighted by molar-refractivity contribution is 0.0790. The smallest absolute Gasteiger partial charge is 0.274 e. The highest BCUT2D eigenvalue weighted by atomic mass is 32.2. The van der Waals surface area contributed by atoms with Crippen molar-refractivity contribution in [1.82, 2.24) is 24.6 Å². The van der Waals surface area contributed by atoms with E-state index in [1.54, 1.807) is 34.0 Å². The summed E-state index contributed by atoms with van der Waals surface area (Å²) in [5.74, 6) is -0.562. The maximum absolute atomic E-state index is 12.8. The predicted octanol–water partition coefficient (Wildman–Crippen LogP) is 1.39. The third-order valence-corrected chi connectivity index (χ3v) is 6.23. The molecule has 0 unspecified atom stereocenters. The SMILES string of the molecule is Cn1cnnc1S[C@@H](N)c1cccc(NC(=O)c2cc(C(=O)N3CC[C@@H](N)C3)ccn2)c1. The molecule has 0 aliphatic carbocycles. The van der Waals surface area contributed by atoms with Crippen molar-refractivity contribution in [2.45, 2.75) is 23.0 Å². The first-order valence-electron chi connectivity index (χ1n) is 10.1. The minimum atomic E-state index is -0.413. The van der Waals surface area contributed by atoms with Gasteiger partial charge in [0.2, 0.25) is 0 Å². The van der Waals surface area contributed by atoms with Crippen LogP contribution in [0.2, 0.25) is 0 Å². The fourth-order valence-corrected chi connectivity index (χ4v) is 4.21. The number of thioether (sulfide) groups is 1. The molecule has 2 amide bonds. The number of nitrogens with one attached hydrogen (secondary N) is 1. The molecule has 0 spiro atoms. The summed E-state index contributed by atoms with van der Waals surface area (Å²) in [6.07, 6.45) is 3.84. The number of hydrogen-bond donors (Lipinski definition) is 3. The molecule has 1 aliphatic rings. The van der Waals surface area contributed by atoms with E-state index in [4.69, 9.17) is 11.5 Å². The number of hydrogen-bond acceptors (Lipinski definition) is 8. The number of rotatable bonds is 6. The Morgan fingerprint density at radius 3 is 2.84 bits per heavy atom. The van der Waals surface area contributed by atoms with E-state index in [9.17, 15) is 9.59 Å². The Hall–Kier alpha value is -3.28. The van der Waals surface area contributed by atoms with E-state index in [-0.39, 0.29) is 23.0 Å². The van der Waals surface area contributed by atoms with Crippen molar-refractivity contribution < 1.29 is 9.59 Å². The summed E-state index contributed by atoms with van der Waals surface area (Å²) in [4.78, 5) is 31.3. The van der Waals surface area contributed by atoms with Crippen molar-refractivity contribution in [2.24, 2.45) is 18.5 Å². The summed E-state index contributed by atoms with van der Waals surface area (Å²) in [7, 11) is 1.84. The molecule has 3 aromatic rings. The lowest BCUT2D eigenvalue weighted by atomic mass is 10.1. The molecular weight excluding hydrogens is 428 g/mol. The molecule has 0 bridgehead atoms. The summed E-state index contributed by atoms with van der Waals surface area (Å²) in [5, 5.41) is 11.0. The van der Waals surface area contributed by atoms with E-state index >= 15 is 0 Å². The molecule has 3 heterocycles. The molecule has 1 fully saturated rings. The number of nitrogens with zero attached hydrogens (tertiary/aromatic N) is 5. The monoisotopic (exact) mass is 452 g/mol. The van der Waals surface area contributed by atoms with Crippen LogP contribution in [0.4, 0.5) is 5.69 Å². The van der Waals surface area contributed by atoms with Crippen molar-refractivity contribution in [2.75, 3.05) is 18.4 Å². The normalized spacial score (nSPS) is 16.7. The molecule has 1 aliphatic heterocycles. The lowest BCUT2D eigenvalue weighted by Crippen LogP contribution is -2.32. The molecule has 32 heavy (non-hydrogen) atoms. The van der Waals surface area contributed by atoms with Crippen molar-refractivity contribution in [1.29, 1.82) is 0 Å². The fraction of sp³-hybridized carbons (Fsp3) is 0.286. The molecule has 166 valence electrons. The molecule has 5 N–H and O–H groups in total. The number of carbonyl (C=O) groups excluding carboxylic acids is 2. The van der Waals surface area contributed by atoms with Crippen LogP contribution in [0.25, 0.3) is 0 Å². The van der Waals surface area contributed by atoms with Gasteiger partial charge < -0.3 is 26.3 Å². The second-order valence-corrected chi connectivity index (χ2v) is 8.68. The molecule has 0 saturated carbocycles. The Kier molecular flexibility index (Phi) is 6.49. The molecule has 4 rings (SSSR count). The maximum atomic E-state index is 12.8. The average molecular weight is 453 g/mol. The maximum Gasteiger partial charge on any atom is 0.274 e. The molecule has 11 heteroatoms. The number of likely N-dealkylation sites (tertiary alicyclic amines) is 1. The highest BCUT2D eigenvalue weighted by Gasteiger charge is 2.25. The molecule has 1 aromatic carbocycles. The van der Waals surface area contributed by atoms with Crippen molar-refractivity contribution in [3.05, 3.63) is 65.7 Å². The number of pyridine rings is 1. The number of benzene rings is 1. The van der Waals surface area contributed by atoms with Gasteiger partial charge in [0.15, 0.2) is 5.16 Å². The van der Waals surface area contributed by atoms with Crippen LogP contribution in [0, 0.1) is 0 Å². The van der Waals surface area contributed by atoms with E-state index in [0.717, 1.165) is 12.0 Å². The van der Waals surface area contributed by atoms with E-state index < -0.39 is 5.91 Å². The van der Waals surface area contributed by atoms with Gasteiger partial charge in [0, 0.05) is 43.6 Å². The lowest BCUT2D eigenvalue weighted by Gasteiger charge is -2.16. The van der Waals surface area contributed by atoms with Crippen LogP contribution >= 0.6 is 11.8 Å². The van der Waals surface area contributed by atoms with Crippen LogP contribution in [0.1, 0.15) is 38.2 Å². The topological polar surface area (TPSA) is 145 Å². The number of aryl methyl sites for hydroxylation is 1. The van der Waals surface area contributed by atoms with Gasteiger partial charge >= 0.3 is 0 Å². The Labute approximate surface area is 189 Å². The molecule has 0 radical (unpaired) electrons. The van der Waals surface area contributed by atoms with Crippen molar-refractivity contribution >= 4 is 29.3 Å².